The highest BCUT2D eigenvalue weighted by molar-refractivity contribution is 6.30. The van der Waals surface area contributed by atoms with E-state index in [4.69, 9.17) is 16.1 Å². The number of H-pyrrole nitrogens is 1. The molecule has 0 radical (unpaired) electrons. The van der Waals surface area contributed by atoms with Crippen LogP contribution in [0, 0.1) is 0 Å². The summed E-state index contributed by atoms with van der Waals surface area (Å²) in [5.41, 5.74) is 2.95. The van der Waals surface area contributed by atoms with Gasteiger partial charge in [0.2, 0.25) is 5.91 Å². The number of aromatic nitrogens is 3. The molecule has 7 heteroatoms. The standard InChI is InChI=1S/C21H17ClN4O2/c22-15-6-4-13(5-7-15)11-26-12-14(10-19(26)27)20-24-21(28-25-20)17-2-1-3-18-16(17)8-9-23-18/h1-9,14,23H,10-12H2. The molecule has 28 heavy (non-hydrogen) atoms. The Morgan fingerprint density at radius 2 is 2.04 bits per heavy atom. The normalized spacial score (nSPS) is 17.0. The van der Waals surface area contributed by atoms with Crippen LogP contribution in [0.5, 0.6) is 0 Å². The van der Waals surface area contributed by atoms with Gasteiger partial charge < -0.3 is 14.4 Å². The first-order valence-corrected chi connectivity index (χ1v) is 9.47. The summed E-state index contributed by atoms with van der Waals surface area (Å²) in [6.45, 7) is 1.13. The number of hydrogen-bond acceptors (Lipinski definition) is 4. The average Bonchev–Trinajstić information content (AvgIpc) is 3.43. The monoisotopic (exact) mass is 392 g/mol. The number of carbonyl (C=O) groups excluding carboxylic acids is 1. The van der Waals surface area contributed by atoms with Crippen LogP contribution < -0.4 is 0 Å². The Labute approximate surface area is 166 Å². The van der Waals surface area contributed by atoms with Gasteiger partial charge in [-0.1, -0.05) is 35.0 Å². The molecule has 1 saturated heterocycles. The average molecular weight is 393 g/mol. The predicted molar refractivity (Wildman–Crippen MR) is 106 cm³/mol. The van der Waals surface area contributed by atoms with Gasteiger partial charge in [0.1, 0.15) is 0 Å². The van der Waals surface area contributed by atoms with Crippen LogP contribution in [-0.2, 0) is 11.3 Å². The van der Waals surface area contributed by atoms with Gasteiger partial charge >= 0.3 is 0 Å². The number of nitrogens with zero attached hydrogens (tertiary/aromatic N) is 3. The zero-order chi connectivity index (χ0) is 19.1. The van der Waals surface area contributed by atoms with Crippen molar-refractivity contribution in [2.45, 2.75) is 18.9 Å². The number of aromatic amines is 1. The van der Waals surface area contributed by atoms with Crippen molar-refractivity contribution in [3.8, 4) is 11.5 Å². The maximum absolute atomic E-state index is 12.5. The van der Waals surface area contributed by atoms with Crippen molar-refractivity contribution in [1.29, 1.82) is 0 Å². The molecule has 1 aliphatic heterocycles. The molecule has 0 saturated carbocycles. The number of carbonyl (C=O) groups is 1. The molecule has 140 valence electrons. The molecule has 5 rings (SSSR count). The fourth-order valence-corrected chi connectivity index (χ4v) is 3.82. The summed E-state index contributed by atoms with van der Waals surface area (Å²) >= 11 is 5.93. The van der Waals surface area contributed by atoms with Gasteiger partial charge in [-0.3, -0.25) is 4.79 Å². The summed E-state index contributed by atoms with van der Waals surface area (Å²) in [7, 11) is 0. The Kier molecular flexibility index (Phi) is 4.13. The number of rotatable bonds is 4. The summed E-state index contributed by atoms with van der Waals surface area (Å²) in [4.78, 5) is 22.1. The van der Waals surface area contributed by atoms with Crippen molar-refractivity contribution < 1.29 is 9.32 Å². The number of likely N-dealkylation sites (tertiary alicyclic amines) is 1. The van der Waals surface area contributed by atoms with Crippen LogP contribution in [0.15, 0.2) is 59.3 Å². The second-order valence-electron chi connectivity index (χ2n) is 7.00. The van der Waals surface area contributed by atoms with Crippen molar-refractivity contribution in [2.24, 2.45) is 0 Å². The third-order valence-electron chi connectivity index (χ3n) is 5.13. The first kappa shape index (κ1) is 17.0. The van der Waals surface area contributed by atoms with E-state index >= 15 is 0 Å². The minimum absolute atomic E-state index is 0.0669. The SMILES string of the molecule is O=C1CC(c2noc(-c3cccc4[nH]ccc34)n2)CN1Cc1ccc(Cl)cc1. The van der Waals surface area contributed by atoms with E-state index in [2.05, 4.69) is 15.1 Å². The van der Waals surface area contributed by atoms with Gasteiger partial charge in [0, 0.05) is 53.1 Å². The van der Waals surface area contributed by atoms with Crippen molar-refractivity contribution in [3.05, 3.63) is 71.1 Å². The van der Waals surface area contributed by atoms with E-state index in [9.17, 15) is 4.79 Å². The lowest BCUT2D eigenvalue weighted by molar-refractivity contribution is -0.128. The molecular weight excluding hydrogens is 376 g/mol. The molecule has 1 unspecified atom stereocenters. The highest BCUT2D eigenvalue weighted by Crippen LogP contribution is 2.31. The molecule has 6 nitrogen and oxygen atoms in total. The molecule has 1 atom stereocenters. The van der Waals surface area contributed by atoms with Crippen LogP contribution in [0.25, 0.3) is 22.4 Å². The zero-order valence-corrected chi connectivity index (χ0v) is 15.7. The first-order chi connectivity index (χ1) is 13.7. The number of halogens is 1. The molecule has 4 aromatic rings. The van der Waals surface area contributed by atoms with Gasteiger partial charge in [0.05, 0.1) is 0 Å². The lowest BCUT2D eigenvalue weighted by Crippen LogP contribution is -2.24. The predicted octanol–water partition coefficient (Wildman–Crippen LogP) is 4.39. The van der Waals surface area contributed by atoms with Gasteiger partial charge in [-0.2, -0.15) is 4.98 Å². The fraction of sp³-hybridized carbons (Fsp3) is 0.190. The third kappa shape index (κ3) is 3.05. The van der Waals surface area contributed by atoms with Crippen LogP contribution in [-0.4, -0.2) is 32.5 Å². The highest BCUT2D eigenvalue weighted by atomic mass is 35.5. The number of amides is 1. The second-order valence-corrected chi connectivity index (χ2v) is 7.44. The Morgan fingerprint density at radius 3 is 2.89 bits per heavy atom. The van der Waals surface area contributed by atoms with Crippen LogP contribution in [0.3, 0.4) is 0 Å². The minimum atomic E-state index is -0.0669. The molecular formula is C21H17ClN4O2. The molecule has 1 fully saturated rings. The van der Waals surface area contributed by atoms with Crippen LogP contribution in [0.1, 0.15) is 23.7 Å². The molecule has 1 aliphatic rings. The van der Waals surface area contributed by atoms with Gasteiger partial charge in [-0.15, -0.1) is 0 Å². The van der Waals surface area contributed by atoms with E-state index in [0.717, 1.165) is 22.0 Å². The summed E-state index contributed by atoms with van der Waals surface area (Å²) in [6, 6.07) is 15.4. The van der Waals surface area contributed by atoms with Crippen molar-refractivity contribution >= 4 is 28.4 Å². The Morgan fingerprint density at radius 1 is 1.18 bits per heavy atom. The summed E-state index contributed by atoms with van der Waals surface area (Å²) in [5, 5.41) is 5.88. The molecule has 2 aromatic heterocycles. The molecule has 0 spiro atoms. The van der Waals surface area contributed by atoms with Crippen LogP contribution in [0.2, 0.25) is 5.02 Å². The molecule has 1 N–H and O–H groups in total. The Balaban J connectivity index is 1.35. The van der Waals surface area contributed by atoms with Gasteiger partial charge in [0.15, 0.2) is 5.82 Å². The van der Waals surface area contributed by atoms with E-state index in [1.807, 2.05) is 59.6 Å². The maximum Gasteiger partial charge on any atom is 0.258 e. The summed E-state index contributed by atoms with van der Waals surface area (Å²) < 4.78 is 5.52. The molecule has 3 heterocycles. The van der Waals surface area contributed by atoms with Gasteiger partial charge in [-0.25, -0.2) is 0 Å². The van der Waals surface area contributed by atoms with Crippen molar-refractivity contribution in [3.63, 3.8) is 0 Å². The Bertz CT molecular complexity index is 1150. The van der Waals surface area contributed by atoms with Gasteiger partial charge in [0.25, 0.3) is 5.89 Å². The molecule has 2 aromatic carbocycles. The summed E-state index contributed by atoms with van der Waals surface area (Å²) in [6.07, 6.45) is 2.27. The molecule has 0 aliphatic carbocycles. The largest absolute Gasteiger partial charge is 0.361 e. The minimum Gasteiger partial charge on any atom is -0.361 e. The number of nitrogens with one attached hydrogen (secondary N) is 1. The van der Waals surface area contributed by atoms with E-state index in [-0.39, 0.29) is 11.8 Å². The first-order valence-electron chi connectivity index (χ1n) is 9.10. The number of hydrogen-bond donors (Lipinski definition) is 1. The van der Waals surface area contributed by atoms with Crippen molar-refractivity contribution in [1.82, 2.24) is 20.0 Å². The fourth-order valence-electron chi connectivity index (χ4n) is 3.69. The van der Waals surface area contributed by atoms with E-state index in [0.29, 0.717) is 36.2 Å². The second kappa shape index (κ2) is 6.80. The van der Waals surface area contributed by atoms with Crippen LogP contribution >= 0.6 is 11.6 Å². The number of benzene rings is 2. The maximum atomic E-state index is 12.5. The lowest BCUT2D eigenvalue weighted by Gasteiger charge is -2.16. The number of fused-ring (bicyclic) bond motifs is 1. The quantitative estimate of drug-likeness (QED) is 0.559. The topological polar surface area (TPSA) is 75.0 Å². The summed E-state index contributed by atoms with van der Waals surface area (Å²) in [5.74, 6) is 1.08. The third-order valence-corrected chi connectivity index (χ3v) is 5.39. The molecule has 0 bridgehead atoms. The Hall–Kier alpha value is -3.12. The van der Waals surface area contributed by atoms with E-state index < -0.39 is 0 Å². The highest BCUT2D eigenvalue weighted by Gasteiger charge is 2.33. The molecule has 1 amide bonds. The van der Waals surface area contributed by atoms with Crippen molar-refractivity contribution in [2.75, 3.05) is 6.54 Å². The lowest BCUT2D eigenvalue weighted by atomic mass is 10.1. The van der Waals surface area contributed by atoms with E-state index in [1.165, 1.54) is 0 Å². The van der Waals surface area contributed by atoms with Crippen LogP contribution in [0.4, 0.5) is 0 Å². The van der Waals surface area contributed by atoms with Gasteiger partial charge in [-0.05, 0) is 35.9 Å². The smallest absolute Gasteiger partial charge is 0.258 e. The zero-order valence-electron chi connectivity index (χ0n) is 14.9. The van der Waals surface area contributed by atoms with E-state index in [1.54, 1.807) is 0 Å².